The molecule has 1 atom stereocenters. The Hall–Kier alpha value is -2.37. The molecule has 1 fully saturated rings. The number of carboxylic acids is 1. The zero-order chi connectivity index (χ0) is 20.1. The van der Waals surface area contributed by atoms with E-state index in [9.17, 15) is 19.6 Å². The van der Waals surface area contributed by atoms with Gasteiger partial charge in [-0.25, -0.2) is 0 Å². The summed E-state index contributed by atoms with van der Waals surface area (Å²) in [4.78, 5) is 22.4. The van der Waals surface area contributed by atoms with E-state index in [4.69, 9.17) is 9.84 Å². The van der Waals surface area contributed by atoms with Gasteiger partial charge < -0.3 is 25.2 Å². The first-order chi connectivity index (χ1) is 12.7. The first kappa shape index (κ1) is 20.9. The van der Waals surface area contributed by atoms with Gasteiger partial charge in [-0.15, -0.1) is 5.10 Å². The molecule has 0 saturated carbocycles. The number of aryl methyl sites for hydroxylation is 1. The second kappa shape index (κ2) is 9.02. The number of nitrogens with one attached hydrogen (secondary N) is 1. The molecule has 0 radical (unpaired) electrons. The highest BCUT2D eigenvalue weighted by atomic mass is 32.2. The van der Waals surface area contributed by atoms with Crippen molar-refractivity contribution in [1.82, 2.24) is 5.32 Å². The number of carboxylic acid groups (broad SMARTS) is 1. The van der Waals surface area contributed by atoms with E-state index in [0.29, 0.717) is 5.56 Å². The van der Waals surface area contributed by atoms with Crippen LogP contribution in [0.3, 0.4) is 0 Å². The number of amides is 1. The van der Waals surface area contributed by atoms with Crippen LogP contribution in [-0.4, -0.2) is 56.9 Å². The molecule has 0 bridgehead atoms. The summed E-state index contributed by atoms with van der Waals surface area (Å²) in [5, 5.41) is 37.7. The van der Waals surface area contributed by atoms with Gasteiger partial charge in [-0.2, -0.15) is 5.10 Å². The van der Waals surface area contributed by atoms with Gasteiger partial charge in [0, 0.05) is 11.0 Å². The number of rotatable bonds is 7. The Kier molecular flexibility index (Phi) is 7.00. The minimum Gasteiger partial charge on any atom is -0.491 e. The van der Waals surface area contributed by atoms with Gasteiger partial charge in [-0.3, -0.25) is 9.59 Å². The summed E-state index contributed by atoms with van der Waals surface area (Å²) in [6, 6.07) is 3.36. The molecule has 1 aromatic carbocycles. The molecule has 4 N–H and O–H groups in total. The van der Waals surface area contributed by atoms with Crippen molar-refractivity contribution in [2.75, 3.05) is 0 Å². The molecule has 0 spiro atoms. The fourth-order valence-corrected chi connectivity index (χ4v) is 3.29. The Bertz CT molecular complexity index is 797. The zero-order valence-corrected chi connectivity index (χ0v) is 15.9. The molecule has 0 aromatic heterocycles. The normalized spacial score (nSPS) is 18.4. The largest absolute Gasteiger partial charge is 0.492 e. The molecule has 1 aliphatic rings. The van der Waals surface area contributed by atoms with Crippen molar-refractivity contribution < 1.29 is 29.5 Å². The zero-order valence-electron chi connectivity index (χ0n) is 15.0. The summed E-state index contributed by atoms with van der Waals surface area (Å²) in [5.41, 5.74) is 1.48. The highest BCUT2D eigenvalue weighted by molar-refractivity contribution is 8.15. The van der Waals surface area contributed by atoms with E-state index in [2.05, 4.69) is 15.5 Å². The maximum Gasteiger partial charge on any atom is 0.492 e. The Morgan fingerprint density at radius 2 is 2.15 bits per heavy atom. The van der Waals surface area contributed by atoms with Crippen LogP contribution in [-0.2, 0) is 9.59 Å². The smallest absolute Gasteiger partial charge is 0.491 e. The summed E-state index contributed by atoms with van der Waals surface area (Å²) in [6.45, 7) is 5.40. The van der Waals surface area contributed by atoms with Crippen LogP contribution in [0.5, 0.6) is 5.75 Å². The number of hydrogen-bond donors (Lipinski definition) is 4. The van der Waals surface area contributed by atoms with Gasteiger partial charge in [0.05, 0.1) is 18.7 Å². The fourth-order valence-electron chi connectivity index (χ4n) is 2.38. The minimum absolute atomic E-state index is 0.198. The van der Waals surface area contributed by atoms with Crippen molar-refractivity contribution in [3.05, 3.63) is 23.3 Å². The van der Waals surface area contributed by atoms with Crippen LogP contribution in [0.25, 0.3) is 0 Å². The number of carbonyl (C=O) groups is 2. The lowest BCUT2D eigenvalue weighted by molar-refractivity contribution is -0.138. The number of hydrogen-bond acceptors (Lipinski definition) is 8. The number of carbonyl (C=O) groups excluding carboxylic acids is 1. The molecule has 27 heavy (non-hydrogen) atoms. The third-order valence-corrected chi connectivity index (χ3v) is 4.48. The Labute approximate surface area is 160 Å². The van der Waals surface area contributed by atoms with E-state index >= 15 is 0 Å². The van der Waals surface area contributed by atoms with Crippen molar-refractivity contribution in [2.24, 2.45) is 10.2 Å². The molecule has 1 aromatic rings. The van der Waals surface area contributed by atoms with E-state index in [1.54, 1.807) is 19.1 Å². The lowest BCUT2D eigenvalue weighted by atomic mass is 9.77. The van der Waals surface area contributed by atoms with E-state index < -0.39 is 24.2 Å². The van der Waals surface area contributed by atoms with E-state index in [0.717, 1.165) is 17.3 Å². The maximum atomic E-state index is 11.7. The highest BCUT2D eigenvalue weighted by Gasteiger charge is 2.32. The van der Waals surface area contributed by atoms with E-state index in [1.807, 2.05) is 13.8 Å². The SMILES string of the molecule is Cc1cc(C=NN=C2NC(=O)C(CC(=O)O)S2)c(OC(C)C)c(B(O)O)c1. The van der Waals surface area contributed by atoms with Crippen molar-refractivity contribution in [3.63, 3.8) is 0 Å². The molecule has 0 aliphatic carbocycles. The van der Waals surface area contributed by atoms with Crippen LogP contribution >= 0.6 is 11.8 Å². The van der Waals surface area contributed by atoms with Crippen LogP contribution in [0.4, 0.5) is 0 Å². The highest BCUT2D eigenvalue weighted by Crippen LogP contribution is 2.23. The summed E-state index contributed by atoms with van der Waals surface area (Å²) in [5.74, 6) is -1.22. The second-order valence-corrected chi connectivity index (χ2v) is 7.35. The number of thioether (sulfide) groups is 1. The molecule has 1 heterocycles. The third-order valence-electron chi connectivity index (χ3n) is 3.40. The van der Waals surface area contributed by atoms with Gasteiger partial charge in [0.15, 0.2) is 5.17 Å². The number of amidine groups is 1. The van der Waals surface area contributed by atoms with Crippen LogP contribution in [0.15, 0.2) is 22.3 Å². The fraction of sp³-hybridized carbons (Fsp3) is 0.375. The predicted octanol–water partition coefficient (Wildman–Crippen LogP) is -0.142. The third kappa shape index (κ3) is 5.81. The summed E-state index contributed by atoms with van der Waals surface area (Å²) in [7, 11) is -1.71. The summed E-state index contributed by atoms with van der Waals surface area (Å²) in [6.07, 6.45) is 0.868. The van der Waals surface area contributed by atoms with Crippen molar-refractivity contribution >= 4 is 47.6 Å². The van der Waals surface area contributed by atoms with E-state index in [1.165, 1.54) is 6.21 Å². The van der Waals surface area contributed by atoms with Gasteiger partial charge >= 0.3 is 13.1 Å². The number of nitrogens with zero attached hydrogens (tertiary/aromatic N) is 2. The average Bonchev–Trinajstić information content (AvgIpc) is 2.88. The molecule has 2 rings (SSSR count). The molecule has 11 heteroatoms. The molecule has 1 aliphatic heterocycles. The van der Waals surface area contributed by atoms with E-state index in [-0.39, 0.29) is 28.9 Å². The van der Waals surface area contributed by atoms with Gasteiger partial charge in [0.25, 0.3) is 0 Å². The van der Waals surface area contributed by atoms with Gasteiger partial charge in [-0.05, 0) is 26.8 Å². The first-order valence-electron chi connectivity index (χ1n) is 8.15. The van der Waals surface area contributed by atoms with Crippen LogP contribution in [0.1, 0.15) is 31.4 Å². The average molecular weight is 393 g/mol. The van der Waals surface area contributed by atoms with Gasteiger partial charge in [-0.1, -0.05) is 23.4 Å². The lowest BCUT2D eigenvalue weighted by Crippen LogP contribution is -2.33. The van der Waals surface area contributed by atoms with Gasteiger partial charge in [0.2, 0.25) is 5.91 Å². The van der Waals surface area contributed by atoms with Crippen LogP contribution < -0.4 is 15.5 Å². The number of aliphatic carboxylic acids is 1. The standard InChI is InChI=1S/C16H20BN3O6S/c1-8(2)26-14-10(4-9(3)5-11(14)17(24)25)7-18-20-16-19-15(23)12(27-16)6-13(21)22/h4-5,7-8,12,24-25H,6H2,1-3H3,(H,21,22)(H,19,20,23). The second-order valence-electron chi connectivity index (χ2n) is 6.16. The summed E-state index contributed by atoms with van der Waals surface area (Å²) < 4.78 is 5.69. The molecule has 9 nitrogen and oxygen atoms in total. The topological polar surface area (TPSA) is 141 Å². The molecule has 1 unspecified atom stereocenters. The molecule has 144 valence electrons. The van der Waals surface area contributed by atoms with Crippen LogP contribution in [0, 0.1) is 6.92 Å². The molecule has 1 saturated heterocycles. The quantitative estimate of drug-likeness (QED) is 0.287. The number of ether oxygens (including phenoxy) is 1. The first-order valence-corrected chi connectivity index (χ1v) is 9.03. The summed E-state index contributed by atoms with van der Waals surface area (Å²) >= 11 is 0.992. The van der Waals surface area contributed by atoms with Crippen LogP contribution in [0.2, 0.25) is 0 Å². The molecule has 1 amide bonds. The molecular formula is C16H20BN3O6S. The monoisotopic (exact) mass is 393 g/mol. The predicted molar refractivity (Wildman–Crippen MR) is 104 cm³/mol. The number of benzene rings is 1. The maximum absolute atomic E-state index is 11.7. The van der Waals surface area contributed by atoms with Crippen molar-refractivity contribution in [1.29, 1.82) is 0 Å². The lowest BCUT2D eigenvalue weighted by Gasteiger charge is -2.17. The molecular weight excluding hydrogens is 373 g/mol. The Morgan fingerprint density at radius 3 is 2.74 bits per heavy atom. The Morgan fingerprint density at radius 1 is 1.44 bits per heavy atom. The Balaban J connectivity index is 2.26. The van der Waals surface area contributed by atoms with Crippen molar-refractivity contribution in [3.8, 4) is 5.75 Å². The van der Waals surface area contributed by atoms with Gasteiger partial charge in [0.1, 0.15) is 11.0 Å². The van der Waals surface area contributed by atoms with Crippen molar-refractivity contribution in [2.45, 2.75) is 38.5 Å². The minimum atomic E-state index is -1.71.